The highest BCUT2D eigenvalue weighted by atomic mass is 16.5. The van der Waals surface area contributed by atoms with E-state index in [4.69, 9.17) is 15.3 Å². The van der Waals surface area contributed by atoms with E-state index in [2.05, 4.69) is 12.3 Å². The Morgan fingerprint density at radius 3 is 2.22 bits per heavy atom. The molecule has 0 bridgehead atoms. The van der Waals surface area contributed by atoms with Crippen LogP contribution in [-0.4, -0.2) is 31.0 Å². The lowest BCUT2D eigenvalue weighted by atomic mass is 9.86. The molecule has 4 heteroatoms. The first-order valence-electron chi connectivity index (χ1n) is 7.36. The Labute approximate surface area is 112 Å². The van der Waals surface area contributed by atoms with Crippen LogP contribution in [0.25, 0.3) is 0 Å². The third-order valence-corrected chi connectivity index (χ3v) is 3.81. The zero-order valence-corrected chi connectivity index (χ0v) is 12.2. The Balaban J connectivity index is 2.70. The Hall–Kier alpha value is -0.160. The fraction of sp³-hybridized carbons (Fsp3) is 1.00. The lowest BCUT2D eigenvalue weighted by molar-refractivity contribution is -0.0989. The second-order valence-electron chi connectivity index (χ2n) is 5.51. The first kappa shape index (κ1) is 15.9. The molecule has 1 rings (SSSR count). The van der Waals surface area contributed by atoms with E-state index in [9.17, 15) is 0 Å². The second kappa shape index (κ2) is 8.10. The number of nitrogens with one attached hydrogen (secondary N) is 1. The molecule has 108 valence electrons. The van der Waals surface area contributed by atoms with Crippen LogP contribution in [0.15, 0.2) is 0 Å². The van der Waals surface area contributed by atoms with E-state index in [-0.39, 0.29) is 17.7 Å². The maximum Gasteiger partial charge on any atom is 0.0870 e. The summed E-state index contributed by atoms with van der Waals surface area (Å²) >= 11 is 0. The lowest BCUT2D eigenvalue weighted by Gasteiger charge is -2.40. The standard InChI is InChI=1S/C14H30N2O2/c1-4-18-14(9-7-5-6-8-10-14)13(16-15)11-17-12(2)3/h12-13,16H,4-11,15H2,1-3H3. The fourth-order valence-electron chi connectivity index (χ4n) is 2.85. The molecule has 0 aromatic heterocycles. The van der Waals surface area contributed by atoms with Crippen LogP contribution in [0.2, 0.25) is 0 Å². The van der Waals surface area contributed by atoms with Gasteiger partial charge in [0, 0.05) is 6.61 Å². The zero-order chi connectivity index (χ0) is 13.4. The van der Waals surface area contributed by atoms with Gasteiger partial charge >= 0.3 is 0 Å². The molecule has 1 unspecified atom stereocenters. The van der Waals surface area contributed by atoms with Crippen molar-refractivity contribution in [3.8, 4) is 0 Å². The summed E-state index contributed by atoms with van der Waals surface area (Å²) in [5.41, 5.74) is 2.79. The summed E-state index contributed by atoms with van der Waals surface area (Å²) < 4.78 is 11.9. The first-order valence-corrected chi connectivity index (χ1v) is 7.36. The molecule has 0 spiro atoms. The summed E-state index contributed by atoms with van der Waals surface area (Å²) in [6.45, 7) is 7.51. The molecule has 0 amide bonds. The largest absolute Gasteiger partial charge is 0.377 e. The molecule has 1 saturated carbocycles. The number of ether oxygens (including phenoxy) is 2. The first-order chi connectivity index (χ1) is 8.64. The second-order valence-corrected chi connectivity index (χ2v) is 5.51. The number of nitrogens with two attached hydrogens (primary N) is 1. The van der Waals surface area contributed by atoms with Gasteiger partial charge in [-0.05, 0) is 33.6 Å². The molecule has 0 saturated heterocycles. The number of hydrazine groups is 1. The lowest BCUT2D eigenvalue weighted by Crippen LogP contribution is -2.57. The summed E-state index contributed by atoms with van der Waals surface area (Å²) in [7, 11) is 0. The molecule has 0 radical (unpaired) electrons. The van der Waals surface area contributed by atoms with E-state index in [1.807, 2.05) is 13.8 Å². The summed E-state index contributed by atoms with van der Waals surface area (Å²) in [4.78, 5) is 0. The van der Waals surface area contributed by atoms with Crippen molar-refractivity contribution in [3.05, 3.63) is 0 Å². The Bertz CT molecular complexity index is 214. The van der Waals surface area contributed by atoms with E-state index >= 15 is 0 Å². The molecular formula is C14H30N2O2. The summed E-state index contributed by atoms with van der Waals surface area (Å²) in [6.07, 6.45) is 7.44. The smallest absolute Gasteiger partial charge is 0.0870 e. The summed E-state index contributed by atoms with van der Waals surface area (Å²) in [5.74, 6) is 5.75. The normalized spacial score (nSPS) is 21.8. The summed E-state index contributed by atoms with van der Waals surface area (Å²) in [5, 5.41) is 0. The van der Waals surface area contributed by atoms with Gasteiger partial charge in [0.2, 0.25) is 0 Å². The topological polar surface area (TPSA) is 56.5 Å². The Morgan fingerprint density at radius 2 is 1.78 bits per heavy atom. The van der Waals surface area contributed by atoms with Crippen LogP contribution in [0.4, 0.5) is 0 Å². The van der Waals surface area contributed by atoms with Gasteiger partial charge in [0.25, 0.3) is 0 Å². The van der Waals surface area contributed by atoms with Crippen LogP contribution in [0.3, 0.4) is 0 Å². The van der Waals surface area contributed by atoms with Crippen LogP contribution in [0.5, 0.6) is 0 Å². The fourth-order valence-corrected chi connectivity index (χ4v) is 2.85. The molecule has 0 aromatic rings. The van der Waals surface area contributed by atoms with Gasteiger partial charge in [-0.2, -0.15) is 0 Å². The predicted molar refractivity (Wildman–Crippen MR) is 74.3 cm³/mol. The van der Waals surface area contributed by atoms with E-state index < -0.39 is 0 Å². The molecular weight excluding hydrogens is 228 g/mol. The number of hydrogen-bond donors (Lipinski definition) is 2. The maximum atomic E-state index is 6.11. The van der Waals surface area contributed by atoms with Gasteiger partial charge in [-0.25, -0.2) is 0 Å². The number of hydrogen-bond acceptors (Lipinski definition) is 4. The van der Waals surface area contributed by atoms with Crippen molar-refractivity contribution in [1.82, 2.24) is 5.43 Å². The monoisotopic (exact) mass is 258 g/mol. The summed E-state index contributed by atoms with van der Waals surface area (Å²) in [6, 6.07) is 0.0814. The van der Waals surface area contributed by atoms with Crippen LogP contribution < -0.4 is 11.3 Å². The minimum Gasteiger partial charge on any atom is -0.377 e. The quantitative estimate of drug-likeness (QED) is 0.418. The predicted octanol–water partition coefficient (Wildman–Crippen LogP) is 2.37. The molecule has 1 aliphatic carbocycles. The van der Waals surface area contributed by atoms with Gasteiger partial charge in [-0.3, -0.25) is 11.3 Å². The third kappa shape index (κ3) is 4.50. The van der Waals surface area contributed by atoms with E-state index in [1.165, 1.54) is 25.7 Å². The minimum atomic E-state index is -0.144. The van der Waals surface area contributed by atoms with Crippen molar-refractivity contribution in [3.63, 3.8) is 0 Å². The highest BCUT2D eigenvalue weighted by Crippen LogP contribution is 2.33. The molecule has 1 fully saturated rings. The van der Waals surface area contributed by atoms with Gasteiger partial charge in [-0.1, -0.05) is 25.7 Å². The van der Waals surface area contributed by atoms with Crippen LogP contribution >= 0.6 is 0 Å². The zero-order valence-electron chi connectivity index (χ0n) is 12.2. The SMILES string of the molecule is CCOC1(C(COC(C)C)NN)CCCCCC1. The van der Waals surface area contributed by atoms with Gasteiger partial charge in [0.05, 0.1) is 24.4 Å². The highest BCUT2D eigenvalue weighted by molar-refractivity contribution is 4.94. The van der Waals surface area contributed by atoms with E-state index in [0.29, 0.717) is 6.61 Å². The Kier molecular flexibility index (Phi) is 7.15. The van der Waals surface area contributed by atoms with Crippen LogP contribution in [0, 0.1) is 0 Å². The molecule has 18 heavy (non-hydrogen) atoms. The molecule has 0 aliphatic heterocycles. The average Bonchev–Trinajstić information content (AvgIpc) is 2.56. The van der Waals surface area contributed by atoms with Crippen LogP contribution in [0.1, 0.15) is 59.3 Å². The van der Waals surface area contributed by atoms with Crippen molar-refractivity contribution in [2.45, 2.75) is 77.0 Å². The van der Waals surface area contributed by atoms with Crippen LogP contribution in [-0.2, 0) is 9.47 Å². The van der Waals surface area contributed by atoms with Crippen molar-refractivity contribution in [1.29, 1.82) is 0 Å². The van der Waals surface area contributed by atoms with Gasteiger partial charge in [0.15, 0.2) is 0 Å². The Morgan fingerprint density at radius 1 is 1.17 bits per heavy atom. The van der Waals surface area contributed by atoms with Crippen molar-refractivity contribution in [2.75, 3.05) is 13.2 Å². The minimum absolute atomic E-state index is 0.0814. The number of rotatable bonds is 7. The van der Waals surface area contributed by atoms with E-state index in [1.54, 1.807) is 0 Å². The van der Waals surface area contributed by atoms with Crippen molar-refractivity contribution < 1.29 is 9.47 Å². The average molecular weight is 258 g/mol. The molecule has 0 aromatic carbocycles. The molecule has 3 N–H and O–H groups in total. The van der Waals surface area contributed by atoms with Gasteiger partial charge in [0.1, 0.15) is 0 Å². The van der Waals surface area contributed by atoms with Gasteiger partial charge in [-0.15, -0.1) is 0 Å². The maximum absolute atomic E-state index is 6.11. The van der Waals surface area contributed by atoms with E-state index in [0.717, 1.165) is 19.4 Å². The third-order valence-electron chi connectivity index (χ3n) is 3.81. The highest BCUT2D eigenvalue weighted by Gasteiger charge is 2.39. The molecule has 4 nitrogen and oxygen atoms in total. The van der Waals surface area contributed by atoms with Crippen molar-refractivity contribution >= 4 is 0 Å². The molecule has 1 aliphatic rings. The molecule has 0 heterocycles. The van der Waals surface area contributed by atoms with Gasteiger partial charge < -0.3 is 9.47 Å². The molecule has 1 atom stereocenters. The van der Waals surface area contributed by atoms with Crippen molar-refractivity contribution in [2.24, 2.45) is 5.84 Å².